The standard InChI is InChI=1S/C13H22N4O3/c1-3-4-7-14-12(19)15-8-5-9-17-11(18)6-10-16(2)13(17)20/h6,10H,3-5,7-9H2,1-2H3,(H2,14,15,19). The van der Waals surface area contributed by atoms with Gasteiger partial charge in [0.25, 0.3) is 5.56 Å². The molecule has 2 N–H and O–H groups in total. The van der Waals surface area contributed by atoms with Crippen molar-refractivity contribution in [3.63, 3.8) is 0 Å². The lowest BCUT2D eigenvalue weighted by Gasteiger charge is -2.08. The van der Waals surface area contributed by atoms with Gasteiger partial charge in [-0.2, -0.15) is 0 Å². The summed E-state index contributed by atoms with van der Waals surface area (Å²) in [5.41, 5.74) is -0.662. The third kappa shape index (κ3) is 4.91. The van der Waals surface area contributed by atoms with E-state index >= 15 is 0 Å². The summed E-state index contributed by atoms with van der Waals surface area (Å²) in [6.07, 6.45) is 3.95. The summed E-state index contributed by atoms with van der Waals surface area (Å²) in [6.45, 7) is 3.42. The van der Waals surface area contributed by atoms with Crippen LogP contribution < -0.4 is 21.9 Å². The molecular formula is C13H22N4O3. The van der Waals surface area contributed by atoms with Crippen molar-refractivity contribution in [1.29, 1.82) is 0 Å². The van der Waals surface area contributed by atoms with Crippen molar-refractivity contribution in [1.82, 2.24) is 19.8 Å². The Morgan fingerprint density at radius 3 is 2.50 bits per heavy atom. The van der Waals surface area contributed by atoms with E-state index in [-0.39, 0.29) is 17.3 Å². The average molecular weight is 282 g/mol. The number of rotatable bonds is 7. The summed E-state index contributed by atoms with van der Waals surface area (Å²) in [5, 5.41) is 5.42. The van der Waals surface area contributed by atoms with Gasteiger partial charge in [0.15, 0.2) is 0 Å². The normalized spacial score (nSPS) is 10.3. The Kier molecular flexibility index (Phi) is 6.55. The van der Waals surface area contributed by atoms with Gasteiger partial charge in [0, 0.05) is 38.9 Å². The molecule has 1 aromatic rings. The van der Waals surface area contributed by atoms with Crippen LogP contribution in [0.1, 0.15) is 26.2 Å². The summed E-state index contributed by atoms with van der Waals surface area (Å²) < 4.78 is 2.52. The molecule has 0 aromatic carbocycles. The molecule has 0 aliphatic carbocycles. The van der Waals surface area contributed by atoms with Gasteiger partial charge in [0.1, 0.15) is 0 Å². The minimum atomic E-state index is -0.343. The Morgan fingerprint density at radius 2 is 1.85 bits per heavy atom. The molecule has 0 unspecified atom stereocenters. The molecule has 0 saturated heterocycles. The average Bonchev–Trinajstić information content (AvgIpc) is 2.42. The molecule has 0 bridgehead atoms. The zero-order chi connectivity index (χ0) is 15.0. The van der Waals surface area contributed by atoms with Crippen LogP contribution in [0.25, 0.3) is 0 Å². The van der Waals surface area contributed by atoms with E-state index in [0.717, 1.165) is 17.4 Å². The van der Waals surface area contributed by atoms with Crippen molar-refractivity contribution in [3.05, 3.63) is 33.1 Å². The number of aromatic nitrogens is 2. The van der Waals surface area contributed by atoms with Gasteiger partial charge in [0.05, 0.1) is 0 Å². The Labute approximate surface area is 117 Å². The second-order valence-corrected chi connectivity index (χ2v) is 4.59. The maximum absolute atomic E-state index is 11.7. The number of carbonyl (C=O) groups excluding carboxylic acids is 1. The maximum atomic E-state index is 11.7. The molecule has 0 atom stereocenters. The number of carbonyl (C=O) groups is 1. The van der Waals surface area contributed by atoms with Gasteiger partial charge in [-0.3, -0.25) is 9.36 Å². The molecular weight excluding hydrogens is 260 g/mol. The van der Waals surface area contributed by atoms with Crippen LogP contribution in [-0.2, 0) is 13.6 Å². The lowest BCUT2D eigenvalue weighted by atomic mass is 10.3. The summed E-state index contributed by atoms with van der Waals surface area (Å²) in [4.78, 5) is 34.6. The fraction of sp³-hybridized carbons (Fsp3) is 0.615. The van der Waals surface area contributed by atoms with Gasteiger partial charge in [-0.1, -0.05) is 13.3 Å². The van der Waals surface area contributed by atoms with Crippen molar-refractivity contribution < 1.29 is 4.79 Å². The zero-order valence-corrected chi connectivity index (χ0v) is 12.0. The van der Waals surface area contributed by atoms with E-state index in [9.17, 15) is 14.4 Å². The van der Waals surface area contributed by atoms with Crippen LogP contribution >= 0.6 is 0 Å². The lowest BCUT2D eigenvalue weighted by Crippen LogP contribution is -2.40. The van der Waals surface area contributed by atoms with Gasteiger partial charge in [-0.25, -0.2) is 9.59 Å². The molecule has 1 rings (SSSR count). The Bertz CT molecular complexity index is 547. The number of unbranched alkanes of at least 4 members (excludes halogenated alkanes) is 1. The van der Waals surface area contributed by atoms with Crippen LogP contribution in [0.3, 0.4) is 0 Å². The molecule has 2 amide bonds. The Hall–Kier alpha value is -2.05. The Balaban J connectivity index is 2.35. The lowest BCUT2D eigenvalue weighted by molar-refractivity contribution is 0.240. The van der Waals surface area contributed by atoms with Gasteiger partial charge in [0.2, 0.25) is 0 Å². The number of hydrogen-bond donors (Lipinski definition) is 2. The number of amides is 2. The molecule has 0 saturated carbocycles. The molecule has 20 heavy (non-hydrogen) atoms. The van der Waals surface area contributed by atoms with Crippen LogP contribution in [0.4, 0.5) is 4.79 Å². The third-order valence-electron chi connectivity index (χ3n) is 2.90. The van der Waals surface area contributed by atoms with Gasteiger partial charge < -0.3 is 15.2 Å². The topological polar surface area (TPSA) is 85.1 Å². The minimum Gasteiger partial charge on any atom is -0.338 e. The SMILES string of the molecule is CCCCNC(=O)NCCCn1c(=O)ccn(C)c1=O. The largest absolute Gasteiger partial charge is 0.338 e. The highest BCUT2D eigenvalue weighted by molar-refractivity contribution is 5.73. The van der Waals surface area contributed by atoms with E-state index in [4.69, 9.17) is 0 Å². The summed E-state index contributed by atoms with van der Waals surface area (Å²) in [5.74, 6) is 0. The maximum Gasteiger partial charge on any atom is 0.330 e. The molecule has 1 heterocycles. The molecule has 7 nitrogen and oxygen atoms in total. The number of nitrogens with zero attached hydrogens (tertiary/aromatic N) is 2. The van der Waals surface area contributed by atoms with Crippen molar-refractivity contribution >= 4 is 6.03 Å². The molecule has 0 fully saturated rings. The van der Waals surface area contributed by atoms with Gasteiger partial charge in [-0.15, -0.1) is 0 Å². The molecule has 0 aliphatic rings. The van der Waals surface area contributed by atoms with Crippen molar-refractivity contribution in [2.75, 3.05) is 13.1 Å². The third-order valence-corrected chi connectivity index (χ3v) is 2.90. The van der Waals surface area contributed by atoms with E-state index in [1.165, 1.54) is 16.8 Å². The summed E-state index contributed by atoms with van der Waals surface area (Å²) in [6, 6.07) is 1.14. The molecule has 0 radical (unpaired) electrons. The highest BCUT2D eigenvalue weighted by atomic mass is 16.2. The molecule has 7 heteroatoms. The summed E-state index contributed by atoms with van der Waals surface area (Å²) >= 11 is 0. The summed E-state index contributed by atoms with van der Waals surface area (Å²) in [7, 11) is 1.59. The van der Waals surface area contributed by atoms with Crippen LogP contribution in [-0.4, -0.2) is 28.3 Å². The first-order chi connectivity index (χ1) is 9.56. The first-order valence-corrected chi connectivity index (χ1v) is 6.84. The predicted octanol–water partition coefficient (Wildman–Crippen LogP) is 0.0364. The van der Waals surface area contributed by atoms with Crippen molar-refractivity contribution in [3.8, 4) is 0 Å². The molecule has 112 valence electrons. The quantitative estimate of drug-likeness (QED) is 0.692. The predicted molar refractivity (Wildman–Crippen MR) is 76.9 cm³/mol. The van der Waals surface area contributed by atoms with E-state index < -0.39 is 0 Å². The van der Waals surface area contributed by atoms with E-state index in [2.05, 4.69) is 17.6 Å². The van der Waals surface area contributed by atoms with Gasteiger partial charge in [-0.05, 0) is 12.8 Å². The Morgan fingerprint density at radius 1 is 1.20 bits per heavy atom. The van der Waals surface area contributed by atoms with Crippen molar-refractivity contribution in [2.24, 2.45) is 7.05 Å². The van der Waals surface area contributed by atoms with E-state index in [1.54, 1.807) is 7.05 Å². The number of aryl methyl sites for hydroxylation is 1. The second-order valence-electron chi connectivity index (χ2n) is 4.59. The van der Waals surface area contributed by atoms with E-state index in [1.807, 2.05) is 0 Å². The van der Waals surface area contributed by atoms with Crippen LogP contribution in [0.15, 0.2) is 21.9 Å². The van der Waals surface area contributed by atoms with Gasteiger partial charge >= 0.3 is 11.7 Å². The first-order valence-electron chi connectivity index (χ1n) is 6.84. The zero-order valence-electron chi connectivity index (χ0n) is 12.0. The fourth-order valence-corrected chi connectivity index (χ4v) is 1.70. The second kappa shape index (κ2) is 8.19. The van der Waals surface area contributed by atoms with Crippen molar-refractivity contribution in [2.45, 2.75) is 32.7 Å². The number of urea groups is 1. The monoisotopic (exact) mass is 282 g/mol. The highest BCUT2D eigenvalue weighted by Gasteiger charge is 2.03. The van der Waals surface area contributed by atoms with Crippen LogP contribution in [0.2, 0.25) is 0 Å². The highest BCUT2D eigenvalue weighted by Crippen LogP contribution is 1.84. The number of hydrogen-bond acceptors (Lipinski definition) is 3. The van der Waals surface area contributed by atoms with Crippen LogP contribution in [0, 0.1) is 0 Å². The first kappa shape index (κ1) is 16.0. The van der Waals surface area contributed by atoms with Crippen LogP contribution in [0.5, 0.6) is 0 Å². The fourth-order valence-electron chi connectivity index (χ4n) is 1.70. The van der Waals surface area contributed by atoms with E-state index in [0.29, 0.717) is 26.1 Å². The smallest absolute Gasteiger partial charge is 0.330 e. The number of nitrogens with one attached hydrogen (secondary N) is 2. The molecule has 0 aliphatic heterocycles. The molecule has 0 spiro atoms. The molecule has 1 aromatic heterocycles. The minimum absolute atomic E-state index is 0.216.